The topological polar surface area (TPSA) is 32.3 Å². The standard InChI is InChI=1S/C20H12F4N2O/c21-12-5-7-13(8-6-12)26-19(11-9-15(22)18(24)16(23)10-11)25-17-4-2-1-3-14(17)20(26)27/h1-10,19,25H. The van der Waals surface area contributed by atoms with Crippen molar-refractivity contribution in [1.82, 2.24) is 0 Å². The van der Waals surface area contributed by atoms with Crippen molar-refractivity contribution in [3.63, 3.8) is 0 Å². The highest BCUT2D eigenvalue weighted by molar-refractivity contribution is 6.12. The first kappa shape index (κ1) is 17.1. The highest BCUT2D eigenvalue weighted by Crippen LogP contribution is 2.37. The lowest BCUT2D eigenvalue weighted by Crippen LogP contribution is -2.43. The minimum Gasteiger partial charge on any atom is -0.360 e. The maximum atomic E-state index is 13.8. The van der Waals surface area contributed by atoms with Gasteiger partial charge in [-0.05, 0) is 48.5 Å². The summed E-state index contributed by atoms with van der Waals surface area (Å²) in [4.78, 5) is 14.3. The Kier molecular flexibility index (Phi) is 4.07. The van der Waals surface area contributed by atoms with Gasteiger partial charge in [0, 0.05) is 16.9 Å². The third kappa shape index (κ3) is 2.91. The molecule has 0 bridgehead atoms. The van der Waals surface area contributed by atoms with Crippen LogP contribution in [-0.4, -0.2) is 5.91 Å². The van der Waals surface area contributed by atoms with Crippen molar-refractivity contribution in [1.29, 1.82) is 0 Å². The normalized spacial score (nSPS) is 16.1. The molecule has 0 fully saturated rings. The van der Waals surface area contributed by atoms with Gasteiger partial charge in [0.05, 0.1) is 5.56 Å². The van der Waals surface area contributed by atoms with Crippen molar-refractivity contribution in [3.05, 3.63) is 95.1 Å². The van der Waals surface area contributed by atoms with Gasteiger partial charge in [-0.1, -0.05) is 12.1 Å². The van der Waals surface area contributed by atoms with E-state index in [-0.39, 0.29) is 5.56 Å². The van der Waals surface area contributed by atoms with Crippen LogP contribution in [0.1, 0.15) is 22.1 Å². The maximum absolute atomic E-state index is 13.8. The molecule has 1 N–H and O–H groups in total. The molecule has 0 aromatic heterocycles. The van der Waals surface area contributed by atoms with E-state index in [2.05, 4.69) is 5.32 Å². The summed E-state index contributed by atoms with van der Waals surface area (Å²) in [6.45, 7) is 0. The van der Waals surface area contributed by atoms with Crippen molar-refractivity contribution < 1.29 is 22.4 Å². The number of amides is 1. The van der Waals surface area contributed by atoms with E-state index in [0.717, 1.165) is 12.1 Å². The van der Waals surface area contributed by atoms with Crippen molar-refractivity contribution in [2.75, 3.05) is 10.2 Å². The van der Waals surface area contributed by atoms with Gasteiger partial charge >= 0.3 is 0 Å². The number of halogens is 4. The van der Waals surface area contributed by atoms with Crippen molar-refractivity contribution in [2.24, 2.45) is 0 Å². The van der Waals surface area contributed by atoms with Crippen LogP contribution in [0.25, 0.3) is 0 Å². The quantitative estimate of drug-likeness (QED) is 0.506. The number of nitrogens with one attached hydrogen (secondary N) is 1. The lowest BCUT2D eigenvalue weighted by Gasteiger charge is -2.38. The molecule has 7 heteroatoms. The van der Waals surface area contributed by atoms with Crippen LogP contribution in [0, 0.1) is 23.3 Å². The zero-order valence-corrected chi connectivity index (χ0v) is 13.7. The minimum absolute atomic E-state index is 0.0126. The molecule has 0 radical (unpaired) electrons. The zero-order valence-electron chi connectivity index (χ0n) is 13.7. The smallest absolute Gasteiger partial charge is 0.262 e. The third-order valence-corrected chi connectivity index (χ3v) is 4.35. The summed E-state index contributed by atoms with van der Waals surface area (Å²) < 4.78 is 54.2. The fraction of sp³-hybridized carbons (Fsp3) is 0.0500. The average molecular weight is 372 g/mol. The number of rotatable bonds is 2. The predicted molar refractivity (Wildman–Crippen MR) is 92.3 cm³/mol. The van der Waals surface area contributed by atoms with E-state index in [0.29, 0.717) is 16.9 Å². The van der Waals surface area contributed by atoms with Crippen LogP contribution in [0.15, 0.2) is 60.7 Å². The highest BCUT2D eigenvalue weighted by Gasteiger charge is 2.34. The van der Waals surface area contributed by atoms with E-state index in [1.807, 2.05) is 0 Å². The molecule has 3 aromatic carbocycles. The zero-order chi connectivity index (χ0) is 19.1. The number of fused-ring (bicyclic) bond motifs is 1. The van der Waals surface area contributed by atoms with Crippen LogP contribution < -0.4 is 10.2 Å². The summed E-state index contributed by atoms with van der Waals surface area (Å²) in [5, 5.41) is 3.04. The van der Waals surface area contributed by atoms with Crippen LogP contribution in [-0.2, 0) is 0 Å². The van der Waals surface area contributed by atoms with Gasteiger partial charge in [0.2, 0.25) is 0 Å². The van der Waals surface area contributed by atoms with Crippen molar-refractivity contribution >= 4 is 17.3 Å². The second kappa shape index (κ2) is 6.42. The van der Waals surface area contributed by atoms with Gasteiger partial charge in [0.1, 0.15) is 12.0 Å². The van der Waals surface area contributed by atoms with Gasteiger partial charge in [-0.25, -0.2) is 17.6 Å². The number of nitrogens with zero attached hydrogens (tertiary/aromatic N) is 1. The first-order chi connectivity index (χ1) is 13.0. The maximum Gasteiger partial charge on any atom is 0.262 e. The largest absolute Gasteiger partial charge is 0.360 e. The van der Waals surface area contributed by atoms with Crippen LogP contribution in [0.2, 0.25) is 0 Å². The van der Waals surface area contributed by atoms with E-state index in [1.54, 1.807) is 24.3 Å². The van der Waals surface area contributed by atoms with E-state index >= 15 is 0 Å². The van der Waals surface area contributed by atoms with E-state index < -0.39 is 35.3 Å². The number of anilines is 2. The molecule has 1 amide bonds. The Balaban J connectivity index is 1.89. The molecular formula is C20H12F4N2O. The monoisotopic (exact) mass is 372 g/mol. The molecule has 3 aromatic rings. The molecule has 1 aliphatic rings. The molecule has 136 valence electrons. The van der Waals surface area contributed by atoms with Gasteiger partial charge in [-0.2, -0.15) is 0 Å². The first-order valence-electron chi connectivity index (χ1n) is 8.05. The molecule has 3 nitrogen and oxygen atoms in total. The highest BCUT2D eigenvalue weighted by atomic mass is 19.2. The summed E-state index contributed by atoms with van der Waals surface area (Å²) in [7, 11) is 0. The van der Waals surface area contributed by atoms with Crippen molar-refractivity contribution in [2.45, 2.75) is 6.17 Å². The second-order valence-electron chi connectivity index (χ2n) is 6.04. The Morgan fingerprint density at radius 2 is 1.48 bits per heavy atom. The number of hydrogen-bond acceptors (Lipinski definition) is 2. The Morgan fingerprint density at radius 1 is 0.852 bits per heavy atom. The first-order valence-corrected chi connectivity index (χ1v) is 8.05. The predicted octanol–water partition coefficient (Wildman–Crippen LogP) is 5.01. The Bertz CT molecular complexity index is 1010. The van der Waals surface area contributed by atoms with Crippen LogP contribution >= 0.6 is 0 Å². The number of benzene rings is 3. The molecular weight excluding hydrogens is 360 g/mol. The average Bonchev–Trinajstić information content (AvgIpc) is 2.66. The van der Waals surface area contributed by atoms with Gasteiger partial charge in [0.25, 0.3) is 5.91 Å². The fourth-order valence-corrected chi connectivity index (χ4v) is 3.09. The summed E-state index contributed by atoms with van der Waals surface area (Å²) in [5.41, 5.74) is 1.15. The molecule has 1 atom stereocenters. The molecule has 27 heavy (non-hydrogen) atoms. The number of carbonyl (C=O) groups is 1. The van der Waals surface area contributed by atoms with Crippen LogP contribution in [0.5, 0.6) is 0 Å². The van der Waals surface area contributed by atoms with E-state index in [4.69, 9.17) is 0 Å². The van der Waals surface area contributed by atoms with Gasteiger partial charge in [-0.3, -0.25) is 9.69 Å². The molecule has 1 heterocycles. The van der Waals surface area contributed by atoms with E-state index in [9.17, 15) is 22.4 Å². The number of hydrogen-bond donors (Lipinski definition) is 1. The molecule has 4 rings (SSSR count). The van der Waals surface area contributed by atoms with Gasteiger partial charge < -0.3 is 5.32 Å². The summed E-state index contributed by atoms with van der Waals surface area (Å²) in [6, 6.07) is 13.4. The molecule has 0 saturated heterocycles. The molecule has 0 saturated carbocycles. The van der Waals surface area contributed by atoms with E-state index in [1.165, 1.54) is 29.2 Å². The SMILES string of the molecule is O=C1c2ccccc2NC(c2cc(F)c(F)c(F)c2)N1c1ccc(F)cc1. The fourth-order valence-electron chi connectivity index (χ4n) is 3.09. The van der Waals surface area contributed by atoms with Gasteiger partial charge in [-0.15, -0.1) is 0 Å². The second-order valence-corrected chi connectivity index (χ2v) is 6.04. The molecule has 0 spiro atoms. The molecule has 1 unspecified atom stereocenters. The summed E-state index contributed by atoms with van der Waals surface area (Å²) >= 11 is 0. The summed E-state index contributed by atoms with van der Waals surface area (Å²) in [6.07, 6.45) is -1.01. The molecule has 0 aliphatic carbocycles. The van der Waals surface area contributed by atoms with Gasteiger partial charge in [0.15, 0.2) is 17.5 Å². The minimum atomic E-state index is -1.59. The lowest BCUT2D eigenvalue weighted by atomic mass is 10.0. The Morgan fingerprint density at radius 3 is 2.15 bits per heavy atom. The Hall–Kier alpha value is -3.35. The molecule has 1 aliphatic heterocycles. The van der Waals surface area contributed by atoms with Crippen LogP contribution in [0.4, 0.5) is 28.9 Å². The van der Waals surface area contributed by atoms with Crippen molar-refractivity contribution in [3.8, 4) is 0 Å². The third-order valence-electron chi connectivity index (χ3n) is 4.35. The lowest BCUT2D eigenvalue weighted by molar-refractivity contribution is 0.0974. The number of carbonyl (C=O) groups excluding carboxylic acids is 1. The number of para-hydroxylation sites is 1. The van der Waals surface area contributed by atoms with Crippen LogP contribution in [0.3, 0.4) is 0 Å². The Labute approximate surface area is 151 Å². The summed E-state index contributed by atoms with van der Waals surface area (Å²) in [5.74, 6) is -5.25.